The van der Waals surface area contributed by atoms with E-state index in [2.05, 4.69) is 10.6 Å². The lowest BCUT2D eigenvalue weighted by Gasteiger charge is -2.18. The molecule has 1 atom stereocenters. The van der Waals surface area contributed by atoms with Crippen LogP contribution in [0.1, 0.15) is 32.8 Å². The topological polar surface area (TPSA) is 67.4 Å². The zero-order chi connectivity index (χ0) is 19.1. The molecule has 0 aliphatic rings. The van der Waals surface area contributed by atoms with Gasteiger partial charge in [0.15, 0.2) is 6.10 Å². The van der Waals surface area contributed by atoms with Crippen molar-refractivity contribution in [1.29, 1.82) is 0 Å². The Morgan fingerprint density at radius 3 is 1.96 bits per heavy atom. The summed E-state index contributed by atoms with van der Waals surface area (Å²) in [4.78, 5) is 24.2. The fourth-order valence-electron chi connectivity index (χ4n) is 2.31. The number of carbonyl (C=O) groups excluding carboxylic acids is 2. The summed E-state index contributed by atoms with van der Waals surface area (Å²) in [5.74, 6) is 0.383. The van der Waals surface area contributed by atoms with E-state index in [9.17, 15) is 9.59 Å². The van der Waals surface area contributed by atoms with Gasteiger partial charge in [-0.1, -0.05) is 39.0 Å². The Balaban J connectivity index is 1.99. The molecule has 0 radical (unpaired) electrons. The SMILES string of the molecule is CC[C@@H](Oc1ccccc1C)C(=O)Nc1ccc(NC(=O)C(C)C)cc1. The molecular weight excluding hydrogens is 328 g/mol. The monoisotopic (exact) mass is 354 g/mol. The number of hydrogen-bond donors (Lipinski definition) is 2. The van der Waals surface area contributed by atoms with E-state index in [1.54, 1.807) is 24.3 Å². The Labute approximate surface area is 154 Å². The number of amides is 2. The minimum Gasteiger partial charge on any atom is -0.480 e. The van der Waals surface area contributed by atoms with E-state index in [1.807, 2.05) is 52.0 Å². The van der Waals surface area contributed by atoms with Crippen LogP contribution in [0.4, 0.5) is 11.4 Å². The molecule has 5 heteroatoms. The van der Waals surface area contributed by atoms with Crippen molar-refractivity contribution in [3.63, 3.8) is 0 Å². The maximum absolute atomic E-state index is 12.5. The molecule has 0 aromatic heterocycles. The second kappa shape index (κ2) is 9.04. The summed E-state index contributed by atoms with van der Waals surface area (Å²) in [6.45, 7) is 7.53. The van der Waals surface area contributed by atoms with Crippen LogP contribution < -0.4 is 15.4 Å². The van der Waals surface area contributed by atoms with Crippen LogP contribution in [-0.4, -0.2) is 17.9 Å². The van der Waals surface area contributed by atoms with Gasteiger partial charge in [-0.25, -0.2) is 0 Å². The molecule has 0 fully saturated rings. The molecule has 0 saturated carbocycles. The van der Waals surface area contributed by atoms with Crippen molar-refractivity contribution in [2.45, 2.75) is 40.2 Å². The van der Waals surface area contributed by atoms with E-state index in [-0.39, 0.29) is 17.7 Å². The zero-order valence-electron chi connectivity index (χ0n) is 15.7. The second-order valence-corrected chi connectivity index (χ2v) is 6.49. The van der Waals surface area contributed by atoms with Crippen molar-refractivity contribution < 1.29 is 14.3 Å². The van der Waals surface area contributed by atoms with E-state index in [0.29, 0.717) is 23.5 Å². The molecular formula is C21H26N2O3. The first-order valence-corrected chi connectivity index (χ1v) is 8.84. The summed E-state index contributed by atoms with van der Waals surface area (Å²) in [6.07, 6.45) is -0.0145. The van der Waals surface area contributed by atoms with Gasteiger partial charge in [0.25, 0.3) is 5.91 Å². The van der Waals surface area contributed by atoms with Crippen LogP contribution in [0.3, 0.4) is 0 Å². The predicted molar refractivity (Wildman–Crippen MR) is 104 cm³/mol. The van der Waals surface area contributed by atoms with Gasteiger partial charge in [-0.3, -0.25) is 9.59 Å². The van der Waals surface area contributed by atoms with E-state index >= 15 is 0 Å². The number of benzene rings is 2. The molecule has 2 aromatic rings. The first-order chi connectivity index (χ1) is 12.4. The van der Waals surface area contributed by atoms with Crippen LogP contribution >= 0.6 is 0 Å². The van der Waals surface area contributed by atoms with E-state index < -0.39 is 6.10 Å². The molecule has 0 unspecified atom stereocenters. The van der Waals surface area contributed by atoms with Gasteiger partial charge in [-0.2, -0.15) is 0 Å². The predicted octanol–water partition coefficient (Wildman–Crippen LogP) is 4.39. The molecule has 0 aliphatic carbocycles. The number of rotatable bonds is 7. The van der Waals surface area contributed by atoms with Crippen LogP contribution in [0.2, 0.25) is 0 Å². The summed E-state index contributed by atoms with van der Waals surface area (Å²) in [7, 11) is 0. The lowest BCUT2D eigenvalue weighted by Crippen LogP contribution is -2.32. The van der Waals surface area contributed by atoms with Gasteiger partial charge in [0.2, 0.25) is 5.91 Å². The number of para-hydroxylation sites is 1. The Bertz CT molecular complexity index is 754. The molecule has 0 saturated heterocycles. The molecule has 5 nitrogen and oxygen atoms in total. The molecule has 0 aliphatic heterocycles. The maximum Gasteiger partial charge on any atom is 0.265 e. The summed E-state index contributed by atoms with van der Waals surface area (Å²) in [5.41, 5.74) is 2.35. The third-order valence-electron chi connectivity index (χ3n) is 3.97. The van der Waals surface area contributed by atoms with Crippen molar-refractivity contribution in [3.05, 3.63) is 54.1 Å². The summed E-state index contributed by atoms with van der Waals surface area (Å²) in [6, 6.07) is 14.7. The Kier molecular flexibility index (Phi) is 6.78. The van der Waals surface area contributed by atoms with Gasteiger partial charge in [0, 0.05) is 17.3 Å². The third-order valence-corrected chi connectivity index (χ3v) is 3.97. The van der Waals surface area contributed by atoms with Gasteiger partial charge in [0.1, 0.15) is 5.75 Å². The molecule has 2 aromatic carbocycles. The molecule has 2 N–H and O–H groups in total. The minimum atomic E-state index is -0.573. The Morgan fingerprint density at radius 2 is 1.46 bits per heavy atom. The lowest BCUT2D eigenvalue weighted by molar-refractivity contribution is -0.123. The van der Waals surface area contributed by atoms with Crippen molar-refractivity contribution in [3.8, 4) is 5.75 Å². The van der Waals surface area contributed by atoms with E-state index in [1.165, 1.54) is 0 Å². The summed E-state index contributed by atoms with van der Waals surface area (Å²) in [5, 5.41) is 5.68. The lowest BCUT2D eigenvalue weighted by atomic mass is 10.2. The van der Waals surface area contributed by atoms with Gasteiger partial charge >= 0.3 is 0 Å². The van der Waals surface area contributed by atoms with Crippen molar-refractivity contribution >= 4 is 23.2 Å². The first-order valence-electron chi connectivity index (χ1n) is 8.84. The molecule has 0 bridgehead atoms. The van der Waals surface area contributed by atoms with Crippen LogP contribution in [-0.2, 0) is 9.59 Å². The van der Waals surface area contributed by atoms with Gasteiger partial charge in [-0.15, -0.1) is 0 Å². The number of anilines is 2. The smallest absolute Gasteiger partial charge is 0.265 e. The largest absolute Gasteiger partial charge is 0.480 e. The van der Waals surface area contributed by atoms with Gasteiger partial charge in [0.05, 0.1) is 0 Å². The highest BCUT2D eigenvalue weighted by Gasteiger charge is 2.19. The number of nitrogens with one attached hydrogen (secondary N) is 2. The van der Waals surface area contributed by atoms with Gasteiger partial charge in [-0.05, 0) is 49.2 Å². The average Bonchev–Trinajstić information content (AvgIpc) is 2.62. The van der Waals surface area contributed by atoms with Gasteiger partial charge < -0.3 is 15.4 Å². The van der Waals surface area contributed by atoms with Crippen molar-refractivity contribution in [2.24, 2.45) is 5.92 Å². The molecule has 2 amide bonds. The van der Waals surface area contributed by atoms with E-state index in [0.717, 1.165) is 5.56 Å². The summed E-state index contributed by atoms with van der Waals surface area (Å²) < 4.78 is 5.86. The van der Waals surface area contributed by atoms with Crippen LogP contribution in [0, 0.1) is 12.8 Å². The maximum atomic E-state index is 12.5. The standard InChI is InChI=1S/C21H26N2O3/c1-5-18(26-19-9-7-6-8-15(19)4)21(25)23-17-12-10-16(11-13-17)22-20(24)14(2)3/h6-14,18H,5H2,1-4H3,(H,22,24)(H,23,25)/t18-/m1/s1. The number of aryl methyl sites for hydroxylation is 1. The average molecular weight is 354 g/mol. The number of ether oxygens (including phenoxy) is 1. The normalized spacial score (nSPS) is 11.7. The highest BCUT2D eigenvalue weighted by atomic mass is 16.5. The Morgan fingerprint density at radius 1 is 0.923 bits per heavy atom. The first kappa shape index (κ1) is 19.5. The van der Waals surface area contributed by atoms with E-state index in [4.69, 9.17) is 4.74 Å². The highest BCUT2D eigenvalue weighted by molar-refractivity contribution is 5.95. The fraction of sp³-hybridized carbons (Fsp3) is 0.333. The second-order valence-electron chi connectivity index (χ2n) is 6.49. The van der Waals surface area contributed by atoms with Crippen molar-refractivity contribution in [1.82, 2.24) is 0 Å². The van der Waals surface area contributed by atoms with Crippen molar-refractivity contribution in [2.75, 3.05) is 10.6 Å². The van der Waals surface area contributed by atoms with Crippen LogP contribution in [0.25, 0.3) is 0 Å². The molecule has 138 valence electrons. The number of hydrogen-bond acceptors (Lipinski definition) is 3. The third kappa shape index (κ3) is 5.34. The van der Waals surface area contributed by atoms with Crippen LogP contribution in [0.5, 0.6) is 5.75 Å². The zero-order valence-corrected chi connectivity index (χ0v) is 15.7. The molecule has 0 heterocycles. The summed E-state index contributed by atoms with van der Waals surface area (Å²) >= 11 is 0. The molecule has 26 heavy (non-hydrogen) atoms. The quantitative estimate of drug-likeness (QED) is 0.775. The Hall–Kier alpha value is -2.82. The highest BCUT2D eigenvalue weighted by Crippen LogP contribution is 2.20. The molecule has 0 spiro atoms. The minimum absolute atomic E-state index is 0.0422. The molecule has 2 rings (SSSR count). The number of carbonyl (C=O) groups is 2. The fourth-order valence-corrected chi connectivity index (χ4v) is 2.31. The van der Waals surface area contributed by atoms with Crippen LogP contribution in [0.15, 0.2) is 48.5 Å².